The number of ether oxygens (including phenoxy) is 2. The third-order valence-corrected chi connectivity index (χ3v) is 4.04. The van der Waals surface area contributed by atoms with Gasteiger partial charge in [0.1, 0.15) is 11.6 Å². The summed E-state index contributed by atoms with van der Waals surface area (Å²) in [7, 11) is 0. The summed E-state index contributed by atoms with van der Waals surface area (Å²) in [4.78, 5) is 14.5. The van der Waals surface area contributed by atoms with Gasteiger partial charge in [-0.1, -0.05) is 0 Å². The number of morpholine rings is 1. The van der Waals surface area contributed by atoms with Crippen molar-refractivity contribution in [2.45, 2.75) is 26.3 Å². The van der Waals surface area contributed by atoms with E-state index in [1.54, 1.807) is 6.92 Å². The van der Waals surface area contributed by atoms with E-state index in [1.807, 2.05) is 0 Å². The second kappa shape index (κ2) is 8.30. The predicted molar refractivity (Wildman–Crippen MR) is 91.1 cm³/mol. The molecule has 2 rings (SSSR count). The third-order valence-electron chi connectivity index (χ3n) is 4.04. The molecular weight excluding hydrogens is 313 g/mol. The lowest BCUT2D eigenvalue weighted by atomic mass is 10.0. The molecule has 0 saturated carbocycles. The largest absolute Gasteiger partial charge is 0.492 e. The first-order valence-electron chi connectivity index (χ1n) is 8.22. The first-order chi connectivity index (χ1) is 11.4. The van der Waals surface area contributed by atoms with Gasteiger partial charge in [0, 0.05) is 31.2 Å². The van der Waals surface area contributed by atoms with Crippen molar-refractivity contribution in [3.63, 3.8) is 0 Å². The Balaban J connectivity index is 1.91. The van der Waals surface area contributed by atoms with Crippen molar-refractivity contribution in [2.75, 3.05) is 44.8 Å². The van der Waals surface area contributed by atoms with E-state index in [9.17, 15) is 9.18 Å². The number of urea groups is 1. The molecule has 134 valence electrons. The maximum absolute atomic E-state index is 13.3. The van der Waals surface area contributed by atoms with E-state index in [0.717, 1.165) is 13.1 Å². The van der Waals surface area contributed by atoms with Crippen molar-refractivity contribution in [3.8, 4) is 5.75 Å². The summed E-state index contributed by atoms with van der Waals surface area (Å²) in [5.41, 5.74) is 0.270. The Kier molecular flexibility index (Phi) is 6.39. The lowest BCUT2D eigenvalue weighted by Crippen LogP contribution is -2.55. The lowest BCUT2D eigenvalue weighted by molar-refractivity contribution is -0.00863. The van der Waals surface area contributed by atoms with Gasteiger partial charge in [-0.15, -0.1) is 0 Å². The number of carbonyl (C=O) groups excluding carboxylic acids is 1. The van der Waals surface area contributed by atoms with Crippen molar-refractivity contribution in [1.82, 2.24) is 10.2 Å². The van der Waals surface area contributed by atoms with Crippen LogP contribution in [0.25, 0.3) is 0 Å². The van der Waals surface area contributed by atoms with Crippen LogP contribution in [0.1, 0.15) is 20.8 Å². The molecule has 6 nitrogen and oxygen atoms in total. The monoisotopic (exact) mass is 339 g/mol. The van der Waals surface area contributed by atoms with Crippen LogP contribution in [0.4, 0.5) is 14.9 Å². The van der Waals surface area contributed by atoms with Gasteiger partial charge in [-0.05, 0) is 32.9 Å². The standard InChI is InChI=1S/C17H26FN3O3/c1-4-24-15-11-13(18)5-6-14(15)20-16(22)19-12-17(2,3)21-7-9-23-10-8-21/h5-6,11H,4,7-10,12H2,1-3H3,(H2,19,20,22). The van der Waals surface area contributed by atoms with E-state index < -0.39 is 5.82 Å². The number of halogens is 1. The Labute approximate surface area is 142 Å². The first-order valence-corrected chi connectivity index (χ1v) is 8.22. The van der Waals surface area contributed by atoms with Crippen molar-refractivity contribution >= 4 is 11.7 Å². The van der Waals surface area contributed by atoms with Crippen LogP contribution in [0.15, 0.2) is 18.2 Å². The zero-order chi connectivity index (χ0) is 17.6. The summed E-state index contributed by atoms with van der Waals surface area (Å²) >= 11 is 0. The molecule has 0 bridgehead atoms. The number of hydrogen-bond acceptors (Lipinski definition) is 4. The highest BCUT2D eigenvalue weighted by atomic mass is 19.1. The summed E-state index contributed by atoms with van der Waals surface area (Å²) in [6, 6.07) is 3.70. The minimum atomic E-state index is -0.405. The van der Waals surface area contributed by atoms with Crippen LogP contribution in [0.5, 0.6) is 5.75 Å². The molecule has 7 heteroatoms. The molecule has 24 heavy (non-hydrogen) atoms. The lowest BCUT2D eigenvalue weighted by Gasteiger charge is -2.40. The molecule has 1 aliphatic heterocycles. The quantitative estimate of drug-likeness (QED) is 0.836. The number of anilines is 1. The molecule has 1 saturated heterocycles. The van der Waals surface area contributed by atoms with Gasteiger partial charge in [-0.3, -0.25) is 4.90 Å². The second-order valence-electron chi connectivity index (χ2n) is 6.29. The zero-order valence-corrected chi connectivity index (χ0v) is 14.5. The Bertz CT molecular complexity index is 560. The van der Waals surface area contributed by atoms with Crippen LogP contribution < -0.4 is 15.4 Å². The van der Waals surface area contributed by atoms with Crippen LogP contribution >= 0.6 is 0 Å². The van der Waals surface area contributed by atoms with Gasteiger partial charge in [-0.2, -0.15) is 0 Å². The summed E-state index contributed by atoms with van der Waals surface area (Å²) < 4.78 is 24.0. The van der Waals surface area contributed by atoms with Crippen molar-refractivity contribution in [3.05, 3.63) is 24.0 Å². The topological polar surface area (TPSA) is 62.8 Å². The fourth-order valence-electron chi connectivity index (χ4n) is 2.62. The number of benzene rings is 1. The molecule has 0 aromatic heterocycles. The SMILES string of the molecule is CCOc1cc(F)ccc1NC(=O)NCC(C)(C)N1CCOCC1. The molecule has 0 atom stereocenters. The third kappa shape index (κ3) is 5.07. The first kappa shape index (κ1) is 18.5. The van der Waals surface area contributed by atoms with E-state index in [1.165, 1.54) is 18.2 Å². The van der Waals surface area contributed by atoms with Crippen molar-refractivity contribution in [2.24, 2.45) is 0 Å². The average molecular weight is 339 g/mol. The smallest absolute Gasteiger partial charge is 0.319 e. The van der Waals surface area contributed by atoms with Gasteiger partial charge >= 0.3 is 6.03 Å². The number of nitrogens with zero attached hydrogens (tertiary/aromatic N) is 1. The number of carbonyl (C=O) groups is 1. The maximum atomic E-state index is 13.3. The second-order valence-corrected chi connectivity index (χ2v) is 6.29. The molecule has 1 aliphatic rings. The molecule has 0 aliphatic carbocycles. The Morgan fingerprint density at radius 1 is 1.38 bits per heavy atom. The number of nitrogens with one attached hydrogen (secondary N) is 2. The van der Waals surface area contributed by atoms with Crippen LogP contribution in [0.2, 0.25) is 0 Å². The highest BCUT2D eigenvalue weighted by molar-refractivity contribution is 5.90. The Morgan fingerprint density at radius 2 is 2.08 bits per heavy atom. The Hall–Kier alpha value is -1.86. The molecule has 0 unspecified atom stereocenters. The number of rotatable bonds is 6. The van der Waals surface area contributed by atoms with Crippen LogP contribution in [-0.4, -0.2) is 55.9 Å². The molecule has 1 heterocycles. The minimum Gasteiger partial charge on any atom is -0.492 e. The molecule has 2 N–H and O–H groups in total. The van der Waals surface area contributed by atoms with Gasteiger partial charge < -0.3 is 20.1 Å². The van der Waals surface area contributed by atoms with E-state index in [0.29, 0.717) is 37.8 Å². The molecule has 1 aromatic rings. The molecule has 0 radical (unpaired) electrons. The molecule has 0 spiro atoms. The maximum Gasteiger partial charge on any atom is 0.319 e. The van der Waals surface area contributed by atoms with Gasteiger partial charge in [0.15, 0.2) is 0 Å². The highest BCUT2D eigenvalue weighted by Crippen LogP contribution is 2.25. The predicted octanol–water partition coefficient (Wildman–Crippen LogP) is 2.46. The number of hydrogen-bond donors (Lipinski definition) is 2. The Morgan fingerprint density at radius 3 is 2.75 bits per heavy atom. The summed E-state index contributed by atoms with van der Waals surface area (Å²) in [6.45, 7) is 9.98. The van der Waals surface area contributed by atoms with Crippen molar-refractivity contribution < 1.29 is 18.7 Å². The average Bonchev–Trinajstić information content (AvgIpc) is 2.57. The number of amides is 2. The van der Waals surface area contributed by atoms with Crippen LogP contribution in [0, 0.1) is 5.82 Å². The van der Waals surface area contributed by atoms with E-state index in [2.05, 4.69) is 29.4 Å². The zero-order valence-electron chi connectivity index (χ0n) is 14.5. The van der Waals surface area contributed by atoms with E-state index >= 15 is 0 Å². The highest BCUT2D eigenvalue weighted by Gasteiger charge is 2.28. The summed E-state index contributed by atoms with van der Waals surface area (Å²) in [6.07, 6.45) is 0. The van der Waals surface area contributed by atoms with Gasteiger partial charge in [-0.25, -0.2) is 9.18 Å². The summed E-state index contributed by atoms with van der Waals surface area (Å²) in [5.74, 6) is -0.0852. The summed E-state index contributed by atoms with van der Waals surface area (Å²) in [5, 5.41) is 5.58. The molecular formula is C17H26FN3O3. The molecule has 1 aromatic carbocycles. The molecule has 1 fully saturated rings. The van der Waals surface area contributed by atoms with E-state index in [4.69, 9.17) is 9.47 Å². The fourth-order valence-corrected chi connectivity index (χ4v) is 2.62. The fraction of sp³-hybridized carbons (Fsp3) is 0.588. The van der Waals surface area contributed by atoms with Gasteiger partial charge in [0.25, 0.3) is 0 Å². The van der Waals surface area contributed by atoms with Crippen molar-refractivity contribution in [1.29, 1.82) is 0 Å². The van der Waals surface area contributed by atoms with Crippen LogP contribution in [-0.2, 0) is 4.74 Å². The van der Waals surface area contributed by atoms with E-state index in [-0.39, 0.29) is 11.6 Å². The minimum absolute atomic E-state index is 0.174. The normalized spacial score (nSPS) is 15.8. The molecule has 2 amide bonds. The van der Waals surface area contributed by atoms with Crippen LogP contribution in [0.3, 0.4) is 0 Å². The van der Waals surface area contributed by atoms with Gasteiger partial charge in [0.2, 0.25) is 0 Å². The van der Waals surface area contributed by atoms with Gasteiger partial charge in [0.05, 0.1) is 25.5 Å².